The van der Waals surface area contributed by atoms with Crippen LogP contribution in [0, 0.1) is 0 Å². The van der Waals surface area contributed by atoms with E-state index in [9.17, 15) is 0 Å². The third-order valence-electron chi connectivity index (χ3n) is 6.89. The predicted molar refractivity (Wildman–Crippen MR) is 135 cm³/mol. The van der Waals surface area contributed by atoms with E-state index in [1.165, 1.54) is 0 Å². The second kappa shape index (κ2) is 8.40. The van der Waals surface area contributed by atoms with Crippen LogP contribution < -0.4 is 5.46 Å². The summed E-state index contributed by atoms with van der Waals surface area (Å²) in [6.45, 7) is 8.31. The van der Waals surface area contributed by atoms with Crippen molar-refractivity contribution in [1.29, 1.82) is 0 Å². The molecule has 0 N–H and O–H groups in total. The van der Waals surface area contributed by atoms with E-state index < -0.39 is 0 Å². The Balaban J connectivity index is 1.45. The van der Waals surface area contributed by atoms with Gasteiger partial charge in [-0.2, -0.15) is 0 Å². The molecule has 2 aliphatic rings. The second-order valence-electron chi connectivity index (χ2n) is 9.72. The zero-order valence-electron chi connectivity index (χ0n) is 19.7. The van der Waals surface area contributed by atoms with Gasteiger partial charge >= 0.3 is 7.12 Å². The minimum absolute atomic E-state index is 0.000240. The molecule has 0 aromatic heterocycles. The summed E-state index contributed by atoms with van der Waals surface area (Å²) >= 11 is 0. The Morgan fingerprint density at radius 1 is 0.727 bits per heavy atom. The Morgan fingerprint density at radius 3 is 1.85 bits per heavy atom. The van der Waals surface area contributed by atoms with Crippen LogP contribution in [0.2, 0.25) is 0 Å². The summed E-state index contributed by atoms with van der Waals surface area (Å²) in [7, 11) is -0.361. The van der Waals surface area contributed by atoms with Gasteiger partial charge in [0.1, 0.15) is 0 Å². The van der Waals surface area contributed by atoms with Crippen molar-refractivity contribution < 1.29 is 9.31 Å². The molecular formula is C28H29BN2O2. The summed E-state index contributed by atoms with van der Waals surface area (Å²) in [6.07, 6.45) is 0.760. The van der Waals surface area contributed by atoms with Crippen molar-refractivity contribution in [3.63, 3.8) is 0 Å². The summed E-state index contributed by atoms with van der Waals surface area (Å²) in [6, 6.07) is 29.1. The average molecular weight is 436 g/mol. The molecule has 33 heavy (non-hydrogen) atoms. The van der Waals surface area contributed by atoms with Crippen molar-refractivity contribution in [2.45, 2.75) is 51.4 Å². The van der Waals surface area contributed by atoms with Crippen molar-refractivity contribution in [3.8, 4) is 0 Å². The molecule has 2 heterocycles. The highest BCUT2D eigenvalue weighted by atomic mass is 16.7. The first kappa shape index (κ1) is 21.8. The van der Waals surface area contributed by atoms with Gasteiger partial charge in [0.25, 0.3) is 0 Å². The van der Waals surface area contributed by atoms with Crippen LogP contribution in [0.15, 0.2) is 94.9 Å². The fraction of sp³-hybridized carbons (Fsp3) is 0.286. The minimum atomic E-state index is -0.361. The zero-order valence-corrected chi connectivity index (χ0v) is 19.7. The third kappa shape index (κ3) is 4.31. The molecule has 1 fully saturated rings. The molecule has 1 unspecified atom stereocenters. The number of amidine groups is 1. The maximum absolute atomic E-state index is 6.22. The maximum atomic E-state index is 6.22. The Kier molecular flexibility index (Phi) is 5.55. The van der Waals surface area contributed by atoms with E-state index in [2.05, 4.69) is 88.4 Å². The SMILES string of the molecule is CC1(C)OB(c2ccc(C3CC(c4ccccc4)=NC(c4ccccc4)=N3)cc2)OC1(C)C. The molecule has 0 saturated carbocycles. The van der Waals surface area contributed by atoms with E-state index in [1.54, 1.807) is 0 Å². The molecule has 0 radical (unpaired) electrons. The molecule has 166 valence electrons. The normalized spacial score (nSPS) is 21.5. The van der Waals surface area contributed by atoms with Crippen molar-refractivity contribution in [3.05, 3.63) is 102 Å². The van der Waals surface area contributed by atoms with E-state index in [0.717, 1.165) is 40.1 Å². The van der Waals surface area contributed by atoms with E-state index in [4.69, 9.17) is 19.3 Å². The van der Waals surface area contributed by atoms with Gasteiger partial charge in [-0.15, -0.1) is 0 Å². The summed E-state index contributed by atoms with van der Waals surface area (Å²) < 4.78 is 12.4. The molecule has 1 saturated heterocycles. The van der Waals surface area contributed by atoms with Gasteiger partial charge in [-0.05, 0) is 44.3 Å². The number of hydrogen-bond acceptors (Lipinski definition) is 4. The number of benzene rings is 3. The van der Waals surface area contributed by atoms with Crippen LogP contribution in [-0.2, 0) is 9.31 Å². The van der Waals surface area contributed by atoms with Gasteiger partial charge in [-0.3, -0.25) is 4.99 Å². The molecule has 0 spiro atoms. The smallest absolute Gasteiger partial charge is 0.399 e. The van der Waals surface area contributed by atoms with E-state index >= 15 is 0 Å². The molecule has 0 bridgehead atoms. The van der Waals surface area contributed by atoms with Gasteiger partial charge in [0, 0.05) is 12.0 Å². The Labute approximate surface area is 196 Å². The van der Waals surface area contributed by atoms with Crippen LogP contribution in [0.25, 0.3) is 0 Å². The number of rotatable bonds is 4. The molecule has 5 rings (SSSR count). The van der Waals surface area contributed by atoms with Crippen LogP contribution >= 0.6 is 0 Å². The van der Waals surface area contributed by atoms with Crippen molar-refractivity contribution in [2.75, 3.05) is 0 Å². The van der Waals surface area contributed by atoms with E-state index in [0.29, 0.717) is 0 Å². The van der Waals surface area contributed by atoms with Gasteiger partial charge in [-0.25, -0.2) is 4.99 Å². The highest BCUT2D eigenvalue weighted by Gasteiger charge is 2.51. The quantitative estimate of drug-likeness (QED) is 0.517. The fourth-order valence-corrected chi connectivity index (χ4v) is 4.16. The average Bonchev–Trinajstić information content (AvgIpc) is 3.07. The predicted octanol–water partition coefficient (Wildman–Crippen LogP) is 5.37. The van der Waals surface area contributed by atoms with Crippen LogP contribution in [0.1, 0.15) is 56.8 Å². The lowest BCUT2D eigenvalue weighted by atomic mass is 9.78. The highest BCUT2D eigenvalue weighted by molar-refractivity contribution is 6.62. The Morgan fingerprint density at radius 2 is 1.27 bits per heavy atom. The molecule has 0 aliphatic carbocycles. The lowest BCUT2D eigenvalue weighted by molar-refractivity contribution is 0.00578. The first-order valence-corrected chi connectivity index (χ1v) is 11.5. The van der Waals surface area contributed by atoms with Crippen molar-refractivity contribution >= 4 is 24.1 Å². The molecule has 0 amide bonds. The van der Waals surface area contributed by atoms with Gasteiger partial charge in [0.05, 0.1) is 23.0 Å². The molecular weight excluding hydrogens is 407 g/mol. The Hall–Kier alpha value is -3.02. The summed E-state index contributed by atoms with van der Waals surface area (Å²) in [5.74, 6) is 0.778. The Bertz CT molecular complexity index is 1170. The van der Waals surface area contributed by atoms with Crippen molar-refractivity contribution in [1.82, 2.24) is 0 Å². The number of aliphatic imine (C=N–C) groups is 2. The molecule has 3 aromatic carbocycles. The second-order valence-corrected chi connectivity index (χ2v) is 9.72. The topological polar surface area (TPSA) is 43.2 Å². The molecule has 5 heteroatoms. The number of nitrogens with zero attached hydrogens (tertiary/aromatic N) is 2. The minimum Gasteiger partial charge on any atom is -0.399 e. The van der Waals surface area contributed by atoms with E-state index in [1.807, 2.05) is 24.3 Å². The van der Waals surface area contributed by atoms with Crippen LogP contribution in [0.5, 0.6) is 0 Å². The third-order valence-corrected chi connectivity index (χ3v) is 6.89. The largest absolute Gasteiger partial charge is 0.494 e. The van der Waals surface area contributed by atoms with Crippen LogP contribution in [0.3, 0.4) is 0 Å². The first-order chi connectivity index (χ1) is 15.8. The summed E-state index contributed by atoms with van der Waals surface area (Å²) in [4.78, 5) is 9.98. The summed E-state index contributed by atoms with van der Waals surface area (Å²) in [5.41, 5.74) is 4.71. The van der Waals surface area contributed by atoms with Gasteiger partial charge < -0.3 is 9.31 Å². The first-order valence-electron chi connectivity index (χ1n) is 11.5. The van der Waals surface area contributed by atoms with Gasteiger partial charge in [0.2, 0.25) is 0 Å². The zero-order chi connectivity index (χ0) is 23.1. The standard InChI is InChI=1S/C28H29BN2O2/c1-27(2)28(3,4)33-29(32-27)23-17-15-21(16-18-23)25-19-24(20-11-7-5-8-12-20)30-26(31-25)22-13-9-6-10-14-22/h5-18,25H,19H2,1-4H3. The maximum Gasteiger partial charge on any atom is 0.494 e. The number of hydrogen-bond donors (Lipinski definition) is 0. The molecule has 2 aliphatic heterocycles. The molecule has 4 nitrogen and oxygen atoms in total. The fourth-order valence-electron chi connectivity index (χ4n) is 4.16. The monoisotopic (exact) mass is 436 g/mol. The lowest BCUT2D eigenvalue weighted by Gasteiger charge is -2.32. The van der Waals surface area contributed by atoms with Gasteiger partial charge in [-0.1, -0.05) is 84.9 Å². The lowest BCUT2D eigenvalue weighted by Crippen LogP contribution is -2.41. The van der Waals surface area contributed by atoms with Gasteiger partial charge in [0.15, 0.2) is 5.84 Å². The summed E-state index contributed by atoms with van der Waals surface area (Å²) in [5, 5.41) is 0. The highest BCUT2D eigenvalue weighted by Crippen LogP contribution is 2.36. The van der Waals surface area contributed by atoms with Crippen LogP contribution in [0.4, 0.5) is 0 Å². The van der Waals surface area contributed by atoms with Crippen molar-refractivity contribution in [2.24, 2.45) is 9.98 Å². The van der Waals surface area contributed by atoms with Crippen LogP contribution in [-0.4, -0.2) is 29.9 Å². The molecule has 1 atom stereocenters. The van der Waals surface area contributed by atoms with E-state index in [-0.39, 0.29) is 24.4 Å². The molecule has 3 aromatic rings.